The van der Waals surface area contributed by atoms with E-state index >= 15 is 0 Å². The monoisotopic (exact) mass is 305 g/mol. The van der Waals surface area contributed by atoms with Gasteiger partial charge in [-0.15, -0.1) is 11.6 Å². The number of rotatable bonds is 3. The molecule has 4 heteroatoms. The lowest BCUT2D eigenvalue weighted by atomic mass is 10.1. The average Bonchev–Trinajstić information content (AvgIpc) is 2.59. The maximum atomic E-state index is 6.23. The van der Waals surface area contributed by atoms with Gasteiger partial charge in [0, 0.05) is 28.5 Å². The van der Waals surface area contributed by atoms with Crippen LogP contribution in [0.1, 0.15) is 31.2 Å². The fourth-order valence-corrected chi connectivity index (χ4v) is 3.22. The zero-order valence-electron chi connectivity index (χ0n) is 10.3. The molecule has 0 aromatic heterocycles. The Morgan fingerprint density at radius 1 is 1.17 bits per heavy atom. The third kappa shape index (κ3) is 3.77. The molecule has 1 aliphatic heterocycles. The molecule has 1 aliphatic rings. The Bertz CT molecular complexity index is 395. The standard InChI is InChI=1S/C14H18Cl3N/c15-9-13-4-2-1-3-7-18(13)10-11-8-12(16)5-6-14(11)17/h5-6,8,13H,1-4,7,9-10H2. The number of likely N-dealkylation sites (tertiary alicyclic amines) is 1. The third-order valence-electron chi connectivity index (χ3n) is 3.56. The van der Waals surface area contributed by atoms with Gasteiger partial charge in [-0.3, -0.25) is 4.90 Å². The summed E-state index contributed by atoms with van der Waals surface area (Å²) in [6, 6.07) is 6.12. The van der Waals surface area contributed by atoms with Crippen molar-refractivity contribution in [1.82, 2.24) is 4.90 Å². The first-order valence-corrected chi connectivity index (χ1v) is 7.73. The first kappa shape index (κ1) is 14.5. The molecule has 2 rings (SSSR count). The highest BCUT2D eigenvalue weighted by atomic mass is 35.5. The van der Waals surface area contributed by atoms with Gasteiger partial charge in [0.1, 0.15) is 0 Å². The Kier molecular flexibility index (Phi) is 5.62. The SMILES string of the molecule is ClCC1CCCCCN1Cc1cc(Cl)ccc1Cl. The molecule has 0 bridgehead atoms. The molecule has 0 N–H and O–H groups in total. The van der Waals surface area contributed by atoms with Crippen LogP contribution in [0.4, 0.5) is 0 Å². The van der Waals surface area contributed by atoms with Gasteiger partial charge in [-0.05, 0) is 43.1 Å². The lowest BCUT2D eigenvalue weighted by Gasteiger charge is -2.28. The first-order valence-electron chi connectivity index (χ1n) is 6.44. The van der Waals surface area contributed by atoms with Crippen molar-refractivity contribution in [3.63, 3.8) is 0 Å². The highest BCUT2D eigenvalue weighted by Crippen LogP contribution is 2.25. The van der Waals surface area contributed by atoms with Gasteiger partial charge >= 0.3 is 0 Å². The molecule has 1 heterocycles. The van der Waals surface area contributed by atoms with Gasteiger partial charge in [0.05, 0.1) is 0 Å². The average molecular weight is 307 g/mol. The normalized spacial score (nSPS) is 21.8. The zero-order valence-corrected chi connectivity index (χ0v) is 12.6. The van der Waals surface area contributed by atoms with Crippen LogP contribution in [0, 0.1) is 0 Å². The van der Waals surface area contributed by atoms with Gasteiger partial charge in [0.25, 0.3) is 0 Å². The number of benzene rings is 1. The topological polar surface area (TPSA) is 3.24 Å². The summed E-state index contributed by atoms with van der Waals surface area (Å²) in [4.78, 5) is 2.44. The summed E-state index contributed by atoms with van der Waals surface area (Å²) in [5.74, 6) is 0.693. The summed E-state index contributed by atoms with van der Waals surface area (Å²) in [6.45, 7) is 1.94. The van der Waals surface area contributed by atoms with Gasteiger partial charge < -0.3 is 0 Å². The molecule has 0 amide bonds. The van der Waals surface area contributed by atoms with Gasteiger partial charge in [0.2, 0.25) is 0 Å². The van der Waals surface area contributed by atoms with E-state index in [0.29, 0.717) is 11.9 Å². The summed E-state index contributed by atoms with van der Waals surface area (Å²) in [5, 5.41) is 1.53. The van der Waals surface area contributed by atoms with Crippen molar-refractivity contribution in [2.75, 3.05) is 12.4 Å². The van der Waals surface area contributed by atoms with Gasteiger partial charge in [-0.25, -0.2) is 0 Å². The molecule has 1 saturated heterocycles. The van der Waals surface area contributed by atoms with Gasteiger partial charge in [0.15, 0.2) is 0 Å². The van der Waals surface area contributed by atoms with Crippen LogP contribution in [-0.2, 0) is 6.54 Å². The van der Waals surface area contributed by atoms with Crippen LogP contribution in [0.5, 0.6) is 0 Å². The van der Waals surface area contributed by atoms with E-state index in [0.717, 1.165) is 28.7 Å². The van der Waals surface area contributed by atoms with Crippen molar-refractivity contribution in [2.45, 2.75) is 38.3 Å². The highest BCUT2D eigenvalue weighted by Gasteiger charge is 2.20. The maximum Gasteiger partial charge on any atom is 0.0452 e. The molecule has 0 radical (unpaired) electrons. The van der Waals surface area contributed by atoms with Gasteiger partial charge in [-0.1, -0.05) is 36.0 Å². The van der Waals surface area contributed by atoms with Crippen molar-refractivity contribution >= 4 is 34.8 Å². The molecule has 1 unspecified atom stereocenters. The number of alkyl halides is 1. The van der Waals surface area contributed by atoms with E-state index in [4.69, 9.17) is 34.8 Å². The van der Waals surface area contributed by atoms with Gasteiger partial charge in [-0.2, -0.15) is 0 Å². The minimum absolute atomic E-state index is 0.462. The predicted molar refractivity (Wildman–Crippen MR) is 79.8 cm³/mol. The lowest BCUT2D eigenvalue weighted by molar-refractivity contribution is 0.207. The summed E-state index contributed by atoms with van der Waals surface area (Å²) < 4.78 is 0. The molecule has 1 atom stereocenters. The Morgan fingerprint density at radius 3 is 2.78 bits per heavy atom. The Labute approximate surface area is 124 Å². The van der Waals surface area contributed by atoms with E-state index in [1.54, 1.807) is 0 Å². The van der Waals surface area contributed by atoms with Crippen LogP contribution >= 0.6 is 34.8 Å². The van der Waals surface area contributed by atoms with Crippen molar-refractivity contribution < 1.29 is 0 Å². The van der Waals surface area contributed by atoms with E-state index in [1.807, 2.05) is 18.2 Å². The fourth-order valence-electron chi connectivity index (χ4n) is 2.50. The highest BCUT2D eigenvalue weighted by molar-refractivity contribution is 6.33. The molecular weight excluding hydrogens is 289 g/mol. The minimum Gasteiger partial charge on any atom is -0.295 e. The fraction of sp³-hybridized carbons (Fsp3) is 0.571. The number of hydrogen-bond donors (Lipinski definition) is 0. The van der Waals surface area contributed by atoms with E-state index < -0.39 is 0 Å². The summed E-state index contributed by atoms with van der Waals surface area (Å²) in [6.07, 6.45) is 5.00. The Morgan fingerprint density at radius 2 is 2.00 bits per heavy atom. The van der Waals surface area contributed by atoms with Crippen LogP contribution < -0.4 is 0 Å². The maximum absolute atomic E-state index is 6.23. The number of hydrogen-bond acceptors (Lipinski definition) is 1. The van der Waals surface area contributed by atoms with Crippen LogP contribution in [0.15, 0.2) is 18.2 Å². The van der Waals surface area contributed by atoms with Crippen LogP contribution in [-0.4, -0.2) is 23.4 Å². The molecule has 1 aromatic rings. The second-order valence-electron chi connectivity index (χ2n) is 4.86. The first-order chi connectivity index (χ1) is 8.70. The third-order valence-corrected chi connectivity index (χ3v) is 4.52. The smallest absolute Gasteiger partial charge is 0.0452 e. The lowest BCUT2D eigenvalue weighted by Crippen LogP contribution is -2.35. The Hall–Kier alpha value is 0.0500. The van der Waals surface area contributed by atoms with E-state index in [1.165, 1.54) is 25.7 Å². The van der Waals surface area contributed by atoms with E-state index in [2.05, 4.69) is 4.90 Å². The quantitative estimate of drug-likeness (QED) is 0.712. The van der Waals surface area contributed by atoms with Crippen LogP contribution in [0.2, 0.25) is 10.0 Å². The second-order valence-corrected chi connectivity index (χ2v) is 6.02. The summed E-state index contributed by atoms with van der Waals surface area (Å²) >= 11 is 18.3. The van der Waals surface area contributed by atoms with Crippen molar-refractivity contribution in [3.05, 3.63) is 33.8 Å². The molecule has 0 spiro atoms. The molecule has 1 fully saturated rings. The Balaban J connectivity index is 2.12. The second kappa shape index (κ2) is 7.00. The van der Waals surface area contributed by atoms with Crippen LogP contribution in [0.25, 0.3) is 0 Å². The van der Waals surface area contributed by atoms with Crippen molar-refractivity contribution in [1.29, 1.82) is 0 Å². The summed E-state index contributed by atoms with van der Waals surface area (Å²) in [5.41, 5.74) is 1.10. The predicted octanol–water partition coefficient (Wildman–Crippen LogP) is 4.98. The largest absolute Gasteiger partial charge is 0.295 e. The zero-order chi connectivity index (χ0) is 13.0. The molecule has 18 heavy (non-hydrogen) atoms. The molecule has 100 valence electrons. The van der Waals surface area contributed by atoms with Crippen molar-refractivity contribution in [2.24, 2.45) is 0 Å². The van der Waals surface area contributed by atoms with Crippen LogP contribution in [0.3, 0.4) is 0 Å². The van der Waals surface area contributed by atoms with E-state index in [-0.39, 0.29) is 0 Å². The molecule has 1 nitrogen and oxygen atoms in total. The number of nitrogens with zero attached hydrogens (tertiary/aromatic N) is 1. The molecule has 0 saturated carbocycles. The minimum atomic E-state index is 0.462. The molecular formula is C14H18Cl3N. The number of halogens is 3. The van der Waals surface area contributed by atoms with Crippen molar-refractivity contribution in [3.8, 4) is 0 Å². The molecule has 1 aromatic carbocycles. The molecule has 0 aliphatic carbocycles. The van der Waals surface area contributed by atoms with E-state index in [9.17, 15) is 0 Å². The summed E-state index contributed by atoms with van der Waals surface area (Å²) in [7, 11) is 0.